The van der Waals surface area contributed by atoms with Crippen LogP contribution in [0.1, 0.15) is 16.2 Å². The Bertz CT molecular complexity index is 423. The molecule has 0 aromatic carbocycles. The highest BCUT2D eigenvalue weighted by Crippen LogP contribution is 2.16. The van der Waals surface area contributed by atoms with E-state index in [9.17, 15) is 4.79 Å². The monoisotopic (exact) mass is 250 g/mol. The molecule has 0 spiro atoms. The molecule has 5 heteroatoms. The number of hydrogen-bond donors (Lipinski definition) is 0. The molecule has 1 fully saturated rings. The third-order valence-electron chi connectivity index (χ3n) is 2.90. The lowest BCUT2D eigenvalue weighted by molar-refractivity contribution is -0.0404. The van der Waals surface area contributed by atoms with Gasteiger partial charge in [0.2, 0.25) is 0 Å². The maximum atomic E-state index is 10.9. The number of pyridine rings is 1. The third-order valence-corrected chi connectivity index (χ3v) is 2.90. The van der Waals surface area contributed by atoms with Crippen LogP contribution in [0, 0.1) is 6.92 Å². The van der Waals surface area contributed by atoms with Crippen molar-refractivity contribution in [2.45, 2.75) is 13.0 Å². The Balaban J connectivity index is 1.95. The highest BCUT2D eigenvalue weighted by atomic mass is 16.5. The summed E-state index contributed by atoms with van der Waals surface area (Å²) in [5.74, 6) is 0.521. The number of hydrogen-bond acceptors (Lipinski definition) is 5. The molecule has 0 N–H and O–H groups in total. The average molecular weight is 250 g/mol. The molecule has 1 saturated heterocycles. The van der Waals surface area contributed by atoms with Gasteiger partial charge < -0.3 is 14.4 Å². The Morgan fingerprint density at radius 2 is 2.44 bits per heavy atom. The maximum Gasteiger partial charge on any atom is 0.172 e. The van der Waals surface area contributed by atoms with Crippen LogP contribution in [-0.2, 0) is 4.74 Å². The topological polar surface area (TPSA) is 51.7 Å². The quantitative estimate of drug-likeness (QED) is 0.743. The van der Waals surface area contributed by atoms with E-state index in [1.165, 1.54) is 0 Å². The van der Waals surface area contributed by atoms with Gasteiger partial charge in [-0.2, -0.15) is 0 Å². The number of carbonyl (C=O) groups is 1. The van der Waals surface area contributed by atoms with Crippen LogP contribution in [0.4, 0.5) is 0 Å². The lowest BCUT2D eigenvalue weighted by atomic mass is 10.3. The molecule has 1 aliphatic heterocycles. The first-order chi connectivity index (χ1) is 8.69. The number of rotatable bonds is 4. The van der Waals surface area contributed by atoms with E-state index in [2.05, 4.69) is 16.9 Å². The first kappa shape index (κ1) is 13.0. The van der Waals surface area contributed by atoms with Crippen molar-refractivity contribution in [1.29, 1.82) is 0 Å². The molecule has 0 aliphatic carbocycles. The van der Waals surface area contributed by atoms with E-state index < -0.39 is 0 Å². The SMILES string of the molecule is Cc1ccc(OCC2CN(C)CCO2)c(C=O)n1. The summed E-state index contributed by atoms with van der Waals surface area (Å²) < 4.78 is 11.2. The van der Waals surface area contributed by atoms with Gasteiger partial charge in [0.15, 0.2) is 6.29 Å². The van der Waals surface area contributed by atoms with Gasteiger partial charge in [0.25, 0.3) is 0 Å². The number of aldehydes is 1. The number of ether oxygens (including phenoxy) is 2. The molecule has 0 radical (unpaired) electrons. The maximum absolute atomic E-state index is 10.9. The Kier molecular flexibility index (Phi) is 4.28. The van der Waals surface area contributed by atoms with Crippen molar-refractivity contribution in [3.8, 4) is 5.75 Å². The van der Waals surface area contributed by atoms with Crippen molar-refractivity contribution in [3.63, 3.8) is 0 Å². The van der Waals surface area contributed by atoms with Gasteiger partial charge in [0.1, 0.15) is 24.2 Å². The molecule has 1 aromatic rings. The first-order valence-corrected chi connectivity index (χ1v) is 6.05. The van der Waals surface area contributed by atoms with Gasteiger partial charge in [0, 0.05) is 18.8 Å². The smallest absolute Gasteiger partial charge is 0.172 e. The minimum Gasteiger partial charge on any atom is -0.488 e. The Hall–Kier alpha value is -1.46. The second kappa shape index (κ2) is 5.93. The summed E-state index contributed by atoms with van der Waals surface area (Å²) in [6.07, 6.45) is 0.764. The lowest BCUT2D eigenvalue weighted by Gasteiger charge is -2.29. The highest BCUT2D eigenvalue weighted by Gasteiger charge is 2.18. The Morgan fingerprint density at radius 1 is 1.61 bits per heavy atom. The predicted octanol–water partition coefficient (Wildman–Crippen LogP) is 0.912. The summed E-state index contributed by atoms with van der Waals surface area (Å²) in [5.41, 5.74) is 1.15. The summed E-state index contributed by atoms with van der Waals surface area (Å²) in [5, 5.41) is 0. The van der Waals surface area contributed by atoms with E-state index in [1.807, 2.05) is 13.0 Å². The fraction of sp³-hybridized carbons (Fsp3) is 0.538. The van der Waals surface area contributed by atoms with Crippen LogP contribution in [0.2, 0.25) is 0 Å². The molecule has 1 aliphatic rings. The van der Waals surface area contributed by atoms with Crippen LogP contribution in [-0.4, -0.2) is 55.6 Å². The van der Waals surface area contributed by atoms with Crippen molar-refractivity contribution in [1.82, 2.24) is 9.88 Å². The zero-order valence-electron chi connectivity index (χ0n) is 10.8. The van der Waals surface area contributed by atoms with Crippen LogP contribution < -0.4 is 4.74 Å². The van der Waals surface area contributed by atoms with E-state index in [1.54, 1.807) is 6.07 Å². The van der Waals surface area contributed by atoms with Gasteiger partial charge in [-0.05, 0) is 26.1 Å². The van der Waals surface area contributed by atoms with Crippen LogP contribution in [0.5, 0.6) is 5.75 Å². The summed E-state index contributed by atoms with van der Waals surface area (Å²) in [6, 6.07) is 3.61. The van der Waals surface area contributed by atoms with Gasteiger partial charge in [-0.25, -0.2) is 4.98 Å². The molecular formula is C13H18N2O3. The number of aryl methyl sites for hydroxylation is 1. The minimum atomic E-state index is 0.0459. The van der Waals surface area contributed by atoms with E-state index in [-0.39, 0.29) is 6.10 Å². The van der Waals surface area contributed by atoms with Gasteiger partial charge >= 0.3 is 0 Å². The predicted molar refractivity (Wildman–Crippen MR) is 67.1 cm³/mol. The third kappa shape index (κ3) is 3.27. The summed E-state index contributed by atoms with van der Waals surface area (Å²) >= 11 is 0. The van der Waals surface area contributed by atoms with Gasteiger partial charge in [-0.15, -0.1) is 0 Å². The minimum absolute atomic E-state index is 0.0459. The second-order valence-corrected chi connectivity index (χ2v) is 4.52. The van der Waals surface area contributed by atoms with Crippen molar-refractivity contribution in [3.05, 3.63) is 23.5 Å². The number of aromatic nitrogens is 1. The molecule has 1 unspecified atom stereocenters. The molecule has 0 bridgehead atoms. The molecule has 18 heavy (non-hydrogen) atoms. The largest absolute Gasteiger partial charge is 0.488 e. The fourth-order valence-electron chi connectivity index (χ4n) is 1.92. The van der Waals surface area contributed by atoms with Crippen molar-refractivity contribution >= 4 is 6.29 Å². The summed E-state index contributed by atoms with van der Waals surface area (Å²) in [4.78, 5) is 17.2. The van der Waals surface area contributed by atoms with E-state index in [4.69, 9.17) is 9.47 Å². The van der Waals surface area contributed by atoms with Gasteiger partial charge in [0.05, 0.1) is 6.61 Å². The molecular weight excluding hydrogens is 232 g/mol. The van der Waals surface area contributed by atoms with Crippen molar-refractivity contribution in [2.75, 3.05) is 33.4 Å². The first-order valence-electron chi connectivity index (χ1n) is 6.05. The van der Waals surface area contributed by atoms with Gasteiger partial charge in [-0.3, -0.25) is 4.79 Å². The molecule has 0 saturated carbocycles. The van der Waals surface area contributed by atoms with E-state index in [0.29, 0.717) is 18.1 Å². The number of likely N-dealkylation sites (N-methyl/N-ethyl adjacent to an activating group) is 1. The Labute approximate surface area is 107 Å². The van der Waals surface area contributed by atoms with Crippen LogP contribution in [0.15, 0.2) is 12.1 Å². The van der Waals surface area contributed by atoms with Crippen molar-refractivity contribution < 1.29 is 14.3 Å². The second-order valence-electron chi connectivity index (χ2n) is 4.52. The summed E-state index contributed by atoms with van der Waals surface area (Å²) in [7, 11) is 2.06. The zero-order valence-corrected chi connectivity index (χ0v) is 10.8. The van der Waals surface area contributed by atoms with E-state index >= 15 is 0 Å². The average Bonchev–Trinajstić information content (AvgIpc) is 2.37. The molecule has 0 amide bonds. The van der Waals surface area contributed by atoms with Gasteiger partial charge in [-0.1, -0.05) is 0 Å². The summed E-state index contributed by atoms with van der Waals surface area (Å²) in [6.45, 7) is 4.79. The normalized spacial score (nSPS) is 20.7. The lowest BCUT2D eigenvalue weighted by Crippen LogP contribution is -2.42. The number of carbonyl (C=O) groups excluding carboxylic acids is 1. The molecule has 1 atom stereocenters. The van der Waals surface area contributed by atoms with Crippen LogP contribution in [0.3, 0.4) is 0 Å². The van der Waals surface area contributed by atoms with Crippen LogP contribution >= 0.6 is 0 Å². The van der Waals surface area contributed by atoms with Crippen molar-refractivity contribution in [2.24, 2.45) is 0 Å². The number of morpholine rings is 1. The Morgan fingerprint density at radius 3 is 3.17 bits per heavy atom. The molecule has 2 rings (SSSR count). The zero-order chi connectivity index (χ0) is 13.0. The molecule has 2 heterocycles. The number of nitrogens with zero attached hydrogens (tertiary/aromatic N) is 2. The molecule has 98 valence electrons. The van der Waals surface area contributed by atoms with E-state index in [0.717, 1.165) is 31.7 Å². The van der Waals surface area contributed by atoms with Crippen LogP contribution in [0.25, 0.3) is 0 Å². The molecule has 5 nitrogen and oxygen atoms in total. The highest BCUT2D eigenvalue weighted by molar-refractivity contribution is 5.76. The molecule has 1 aromatic heterocycles. The fourth-order valence-corrected chi connectivity index (χ4v) is 1.92. The standard InChI is InChI=1S/C13H18N2O3/c1-10-3-4-13(12(8-16)14-10)18-9-11-7-15(2)5-6-17-11/h3-4,8,11H,5-7,9H2,1-2H3.